The van der Waals surface area contributed by atoms with Crippen LogP contribution in [-0.4, -0.2) is 29.8 Å². The topological polar surface area (TPSA) is 66.8 Å². The molecule has 0 aromatic heterocycles. The quantitative estimate of drug-likeness (QED) is 0.601. The summed E-state index contributed by atoms with van der Waals surface area (Å²) >= 11 is 0. The van der Waals surface area contributed by atoms with Crippen LogP contribution < -0.4 is 0 Å². The van der Waals surface area contributed by atoms with Crippen molar-refractivity contribution in [3.63, 3.8) is 0 Å². The molecule has 1 unspecified atom stereocenters. The number of rotatable bonds is 4. The third-order valence-corrected chi connectivity index (χ3v) is 2.70. The van der Waals surface area contributed by atoms with E-state index < -0.39 is 8.25 Å². The fraction of sp³-hybridized carbons (Fsp3) is 0.500. The van der Waals surface area contributed by atoms with Crippen molar-refractivity contribution in [1.29, 1.82) is 0 Å². The van der Waals surface area contributed by atoms with Crippen LogP contribution >= 0.6 is 8.25 Å². The number of hydrogen-bond donors (Lipinski definition) is 1. The number of amides is 1. The third kappa shape index (κ3) is 3.51. The molecular weight excluding hydrogens is 229 g/mol. The lowest BCUT2D eigenvalue weighted by molar-refractivity contribution is -0.124. The van der Waals surface area contributed by atoms with Crippen molar-refractivity contribution in [3.8, 4) is 0 Å². The maximum absolute atomic E-state index is 11.7. The van der Waals surface area contributed by atoms with E-state index in [4.69, 9.17) is 4.89 Å². The van der Waals surface area contributed by atoms with Crippen LogP contribution in [0.3, 0.4) is 0 Å². The van der Waals surface area contributed by atoms with Gasteiger partial charge in [-0.2, -0.15) is 0 Å². The molecular formula is C10H16NO4P. The summed E-state index contributed by atoms with van der Waals surface area (Å²) in [6.07, 6.45) is 5.28. The van der Waals surface area contributed by atoms with E-state index in [-0.39, 0.29) is 5.91 Å². The summed E-state index contributed by atoms with van der Waals surface area (Å²) in [4.78, 5) is 21.7. The van der Waals surface area contributed by atoms with Crippen molar-refractivity contribution in [3.05, 3.63) is 23.5 Å². The van der Waals surface area contributed by atoms with Gasteiger partial charge in [0.25, 0.3) is 0 Å². The predicted octanol–water partition coefficient (Wildman–Crippen LogP) is 1.47. The fourth-order valence-electron chi connectivity index (χ4n) is 1.64. The molecule has 1 aliphatic carbocycles. The molecule has 0 spiro atoms. The zero-order valence-corrected chi connectivity index (χ0v) is 10.4. The maximum atomic E-state index is 11.7. The highest BCUT2D eigenvalue weighted by Crippen LogP contribution is 2.28. The molecule has 0 saturated heterocycles. The minimum atomic E-state index is -2.93. The highest BCUT2D eigenvalue weighted by Gasteiger charge is 2.20. The summed E-state index contributed by atoms with van der Waals surface area (Å²) in [7, 11) is 0.479. The Morgan fingerprint density at radius 1 is 1.50 bits per heavy atom. The van der Waals surface area contributed by atoms with Crippen LogP contribution in [-0.2, 0) is 13.9 Å². The molecule has 0 aromatic rings. The Labute approximate surface area is 95.3 Å². The van der Waals surface area contributed by atoms with Crippen LogP contribution in [0.2, 0.25) is 0 Å². The zero-order chi connectivity index (χ0) is 12.1. The van der Waals surface area contributed by atoms with Gasteiger partial charge in [0.2, 0.25) is 5.91 Å². The Kier molecular flexibility index (Phi) is 4.77. The van der Waals surface area contributed by atoms with Gasteiger partial charge in [0.1, 0.15) is 0 Å². The van der Waals surface area contributed by atoms with Gasteiger partial charge >= 0.3 is 8.25 Å². The van der Waals surface area contributed by atoms with Crippen LogP contribution in [0.25, 0.3) is 0 Å². The van der Waals surface area contributed by atoms with Crippen molar-refractivity contribution in [2.45, 2.75) is 19.3 Å². The summed E-state index contributed by atoms with van der Waals surface area (Å²) in [5.74, 6) is -0.00574. The lowest BCUT2D eigenvalue weighted by atomic mass is 10.1. The molecule has 1 amide bonds. The Morgan fingerprint density at radius 2 is 2.19 bits per heavy atom. The number of likely N-dealkylation sites (N-methyl/N-ethyl adjacent to an activating group) is 1. The van der Waals surface area contributed by atoms with E-state index in [1.807, 2.05) is 0 Å². The molecule has 90 valence electrons. The normalized spacial score (nSPS) is 17.9. The minimum absolute atomic E-state index is 0.00574. The van der Waals surface area contributed by atoms with Crippen LogP contribution in [0.15, 0.2) is 23.5 Å². The first kappa shape index (κ1) is 13.0. The van der Waals surface area contributed by atoms with Crippen molar-refractivity contribution >= 4 is 14.2 Å². The van der Waals surface area contributed by atoms with Crippen molar-refractivity contribution in [2.75, 3.05) is 14.1 Å². The predicted molar refractivity (Wildman–Crippen MR) is 61.0 cm³/mol. The second kappa shape index (κ2) is 5.87. The van der Waals surface area contributed by atoms with Gasteiger partial charge in [-0.15, -0.1) is 0 Å². The molecule has 0 radical (unpaired) electrons. The van der Waals surface area contributed by atoms with Crippen molar-refractivity contribution in [2.24, 2.45) is 0 Å². The standard InChI is InChI=1S/C10H16NO4P/c1-11(2)10(12)9-5-3-4-8(9)6-7-15-16(13)14/h6-7,16H,3-5H2,1-2H3,(H,13,14)/b7-6+. The lowest BCUT2D eigenvalue weighted by Gasteiger charge is -2.11. The van der Waals surface area contributed by atoms with Crippen LogP contribution in [0.5, 0.6) is 0 Å². The Balaban J connectivity index is 2.75. The monoisotopic (exact) mass is 245 g/mol. The number of allylic oxidation sites excluding steroid dienone is 2. The van der Waals surface area contributed by atoms with E-state index in [0.29, 0.717) is 0 Å². The van der Waals surface area contributed by atoms with Gasteiger partial charge < -0.3 is 14.3 Å². The van der Waals surface area contributed by atoms with E-state index in [1.54, 1.807) is 20.2 Å². The molecule has 0 heterocycles. The highest BCUT2D eigenvalue weighted by atomic mass is 31.1. The molecule has 16 heavy (non-hydrogen) atoms. The Hall–Kier alpha value is -1.06. The molecule has 1 rings (SSSR count). The summed E-state index contributed by atoms with van der Waals surface area (Å²) in [6, 6.07) is 0. The van der Waals surface area contributed by atoms with Crippen LogP contribution in [0.1, 0.15) is 19.3 Å². The second-order valence-corrected chi connectivity index (χ2v) is 4.51. The van der Waals surface area contributed by atoms with Crippen molar-refractivity contribution in [1.82, 2.24) is 4.90 Å². The Bertz CT molecular complexity index is 360. The number of hydrogen-bond acceptors (Lipinski definition) is 3. The highest BCUT2D eigenvalue weighted by molar-refractivity contribution is 7.32. The van der Waals surface area contributed by atoms with Gasteiger partial charge in [-0.05, 0) is 30.9 Å². The van der Waals surface area contributed by atoms with E-state index in [0.717, 1.165) is 30.4 Å². The van der Waals surface area contributed by atoms with Crippen molar-refractivity contribution < 1.29 is 18.8 Å². The van der Waals surface area contributed by atoms with Gasteiger partial charge in [-0.3, -0.25) is 4.79 Å². The van der Waals surface area contributed by atoms with Gasteiger partial charge in [0, 0.05) is 19.7 Å². The largest absolute Gasteiger partial charge is 0.434 e. The van der Waals surface area contributed by atoms with Gasteiger partial charge in [0.05, 0.1) is 6.26 Å². The number of carbonyl (C=O) groups excluding carboxylic acids is 1. The maximum Gasteiger partial charge on any atom is 0.364 e. The first-order chi connectivity index (χ1) is 7.52. The molecule has 0 fully saturated rings. The molecule has 6 heteroatoms. The summed E-state index contributed by atoms with van der Waals surface area (Å²) in [5, 5.41) is 0. The second-order valence-electron chi connectivity index (χ2n) is 3.74. The molecule has 0 aromatic carbocycles. The molecule has 1 aliphatic rings. The molecule has 1 atom stereocenters. The zero-order valence-electron chi connectivity index (χ0n) is 9.40. The first-order valence-corrected chi connectivity index (χ1v) is 6.28. The summed E-state index contributed by atoms with van der Waals surface area (Å²) < 4.78 is 14.8. The Morgan fingerprint density at radius 3 is 2.75 bits per heavy atom. The van der Waals surface area contributed by atoms with E-state index in [1.165, 1.54) is 11.2 Å². The fourth-order valence-corrected chi connectivity index (χ4v) is 1.82. The average Bonchev–Trinajstić information content (AvgIpc) is 2.64. The average molecular weight is 245 g/mol. The van der Waals surface area contributed by atoms with Gasteiger partial charge in [-0.1, -0.05) is 0 Å². The molecule has 0 saturated carbocycles. The van der Waals surface area contributed by atoms with E-state index in [2.05, 4.69) is 4.52 Å². The molecule has 5 nitrogen and oxygen atoms in total. The summed E-state index contributed by atoms with van der Waals surface area (Å²) in [6.45, 7) is 0. The van der Waals surface area contributed by atoms with Crippen LogP contribution in [0, 0.1) is 0 Å². The smallest absolute Gasteiger partial charge is 0.364 e. The van der Waals surface area contributed by atoms with Gasteiger partial charge in [-0.25, -0.2) is 4.57 Å². The SMILES string of the molecule is CN(C)C(=O)C1=C(/C=C/O[PH](=O)O)CCC1. The molecule has 0 bridgehead atoms. The van der Waals surface area contributed by atoms with E-state index in [9.17, 15) is 9.36 Å². The third-order valence-electron chi connectivity index (χ3n) is 2.36. The number of nitrogens with zero attached hydrogens (tertiary/aromatic N) is 1. The number of carbonyl (C=O) groups is 1. The summed E-state index contributed by atoms with van der Waals surface area (Å²) in [5.41, 5.74) is 1.66. The van der Waals surface area contributed by atoms with Crippen LogP contribution in [0.4, 0.5) is 0 Å². The minimum Gasteiger partial charge on any atom is -0.434 e. The molecule has 0 aliphatic heterocycles. The first-order valence-electron chi connectivity index (χ1n) is 5.02. The lowest BCUT2D eigenvalue weighted by Crippen LogP contribution is -2.23. The molecule has 1 N–H and O–H groups in total. The van der Waals surface area contributed by atoms with Gasteiger partial charge in [0.15, 0.2) is 0 Å². The van der Waals surface area contributed by atoms with E-state index >= 15 is 0 Å².